The van der Waals surface area contributed by atoms with Gasteiger partial charge in [0.05, 0.1) is 5.69 Å². The quantitative estimate of drug-likeness (QED) is 0.879. The number of rotatable bonds is 4. The lowest BCUT2D eigenvalue weighted by Crippen LogP contribution is -2.31. The summed E-state index contributed by atoms with van der Waals surface area (Å²) in [4.78, 5) is 0.147. The SMILES string of the molecule is CC(Nc1ccccc1S(N)(=O)=O)C1CCOCC1. The zero-order chi connectivity index (χ0) is 13.9. The maximum absolute atomic E-state index is 11.5. The molecule has 1 saturated heterocycles. The van der Waals surface area contributed by atoms with E-state index >= 15 is 0 Å². The van der Waals surface area contributed by atoms with Gasteiger partial charge in [0.2, 0.25) is 10.0 Å². The Kier molecular flexibility index (Phi) is 4.44. The number of hydrogen-bond acceptors (Lipinski definition) is 4. The lowest BCUT2D eigenvalue weighted by atomic mass is 9.93. The van der Waals surface area contributed by atoms with Gasteiger partial charge in [-0.1, -0.05) is 12.1 Å². The summed E-state index contributed by atoms with van der Waals surface area (Å²) in [5.41, 5.74) is 0.573. The maximum atomic E-state index is 11.5. The number of ether oxygens (including phenoxy) is 1. The molecule has 106 valence electrons. The summed E-state index contributed by atoms with van der Waals surface area (Å²) in [6.45, 7) is 3.61. The van der Waals surface area contributed by atoms with Gasteiger partial charge in [0.25, 0.3) is 0 Å². The molecule has 1 atom stereocenters. The molecule has 5 nitrogen and oxygen atoms in total. The third-order valence-electron chi connectivity index (χ3n) is 3.55. The van der Waals surface area contributed by atoms with Crippen molar-refractivity contribution < 1.29 is 13.2 Å². The summed E-state index contributed by atoms with van der Waals surface area (Å²) in [5, 5.41) is 8.50. The fourth-order valence-electron chi connectivity index (χ4n) is 2.41. The molecule has 0 saturated carbocycles. The number of hydrogen-bond donors (Lipinski definition) is 2. The second-order valence-electron chi connectivity index (χ2n) is 4.92. The normalized spacial score (nSPS) is 19.1. The Morgan fingerprint density at radius 2 is 1.95 bits per heavy atom. The zero-order valence-corrected chi connectivity index (χ0v) is 11.8. The van der Waals surface area contributed by atoms with Crippen LogP contribution in [-0.4, -0.2) is 27.7 Å². The molecule has 2 rings (SSSR count). The fourth-order valence-corrected chi connectivity index (χ4v) is 3.11. The molecule has 1 unspecified atom stereocenters. The predicted octanol–water partition coefficient (Wildman–Crippen LogP) is 1.56. The molecule has 0 amide bonds. The Balaban J connectivity index is 2.14. The van der Waals surface area contributed by atoms with E-state index in [0.717, 1.165) is 26.1 Å². The van der Waals surface area contributed by atoms with Gasteiger partial charge < -0.3 is 10.1 Å². The van der Waals surface area contributed by atoms with Gasteiger partial charge in [-0.15, -0.1) is 0 Å². The van der Waals surface area contributed by atoms with Gasteiger partial charge in [-0.3, -0.25) is 0 Å². The average Bonchev–Trinajstić information content (AvgIpc) is 2.39. The minimum absolute atomic E-state index is 0.147. The summed E-state index contributed by atoms with van der Waals surface area (Å²) < 4.78 is 28.4. The first-order valence-corrected chi connectivity index (χ1v) is 7.99. The number of sulfonamides is 1. The molecule has 1 fully saturated rings. The number of nitrogens with two attached hydrogens (primary N) is 1. The second-order valence-corrected chi connectivity index (χ2v) is 6.45. The molecule has 19 heavy (non-hydrogen) atoms. The summed E-state index contributed by atoms with van der Waals surface area (Å²) >= 11 is 0. The highest BCUT2D eigenvalue weighted by atomic mass is 32.2. The molecule has 0 aromatic heterocycles. The molecule has 0 aliphatic carbocycles. The maximum Gasteiger partial charge on any atom is 0.240 e. The van der Waals surface area contributed by atoms with Gasteiger partial charge in [0, 0.05) is 19.3 Å². The number of anilines is 1. The first kappa shape index (κ1) is 14.3. The Labute approximate surface area is 114 Å². The molecule has 3 N–H and O–H groups in total. The zero-order valence-electron chi connectivity index (χ0n) is 11.0. The van der Waals surface area contributed by atoms with Crippen molar-refractivity contribution in [3.63, 3.8) is 0 Å². The smallest absolute Gasteiger partial charge is 0.240 e. The van der Waals surface area contributed by atoms with Gasteiger partial charge in [-0.25, -0.2) is 13.6 Å². The molecule has 6 heteroatoms. The molecule has 1 aromatic carbocycles. The van der Waals surface area contributed by atoms with Crippen LogP contribution in [0.4, 0.5) is 5.69 Å². The van der Waals surface area contributed by atoms with Crippen LogP contribution < -0.4 is 10.5 Å². The number of nitrogens with one attached hydrogen (secondary N) is 1. The van der Waals surface area contributed by atoms with Crippen LogP contribution in [0.25, 0.3) is 0 Å². The average molecular weight is 284 g/mol. The van der Waals surface area contributed by atoms with E-state index in [1.165, 1.54) is 6.07 Å². The highest BCUT2D eigenvalue weighted by Crippen LogP contribution is 2.25. The molecular weight excluding hydrogens is 264 g/mol. The minimum Gasteiger partial charge on any atom is -0.381 e. The molecular formula is C13H20N2O3S. The van der Waals surface area contributed by atoms with Gasteiger partial charge in [-0.05, 0) is 37.8 Å². The van der Waals surface area contributed by atoms with Crippen LogP contribution in [0.3, 0.4) is 0 Å². The van der Waals surface area contributed by atoms with E-state index in [2.05, 4.69) is 12.2 Å². The topological polar surface area (TPSA) is 81.4 Å². The van der Waals surface area contributed by atoms with E-state index in [1.54, 1.807) is 18.2 Å². The van der Waals surface area contributed by atoms with Crippen molar-refractivity contribution in [3.05, 3.63) is 24.3 Å². The van der Waals surface area contributed by atoms with Gasteiger partial charge >= 0.3 is 0 Å². The molecule has 1 heterocycles. The standard InChI is InChI=1S/C13H20N2O3S/c1-10(11-6-8-18-9-7-11)15-12-4-2-3-5-13(12)19(14,16)17/h2-5,10-11,15H,6-9H2,1H3,(H2,14,16,17). The van der Waals surface area contributed by atoms with Crippen molar-refractivity contribution in [2.75, 3.05) is 18.5 Å². The van der Waals surface area contributed by atoms with Crippen molar-refractivity contribution in [1.82, 2.24) is 0 Å². The van der Waals surface area contributed by atoms with Crippen LogP contribution in [0, 0.1) is 5.92 Å². The first-order chi connectivity index (χ1) is 8.98. The summed E-state index contributed by atoms with van der Waals surface area (Å²) in [7, 11) is -3.70. The molecule has 0 radical (unpaired) electrons. The van der Waals surface area contributed by atoms with Crippen LogP contribution >= 0.6 is 0 Å². The third-order valence-corrected chi connectivity index (χ3v) is 4.52. The third kappa shape index (κ3) is 3.68. The van der Waals surface area contributed by atoms with Crippen LogP contribution in [-0.2, 0) is 14.8 Å². The Hall–Kier alpha value is -1.11. The molecule has 1 aliphatic heterocycles. The van der Waals surface area contributed by atoms with Gasteiger partial charge in [0.1, 0.15) is 4.90 Å². The lowest BCUT2D eigenvalue weighted by Gasteiger charge is -2.29. The first-order valence-electron chi connectivity index (χ1n) is 6.44. The minimum atomic E-state index is -3.70. The number of primary sulfonamides is 1. The summed E-state index contributed by atoms with van der Waals surface area (Å²) in [6, 6.07) is 6.92. The van der Waals surface area contributed by atoms with Gasteiger partial charge in [-0.2, -0.15) is 0 Å². The lowest BCUT2D eigenvalue weighted by molar-refractivity contribution is 0.0622. The Bertz CT molecular complexity index is 524. The van der Waals surface area contributed by atoms with E-state index in [4.69, 9.17) is 9.88 Å². The summed E-state index contributed by atoms with van der Waals surface area (Å²) in [6.07, 6.45) is 1.98. The second kappa shape index (κ2) is 5.90. The van der Waals surface area contributed by atoms with E-state index in [0.29, 0.717) is 11.6 Å². The van der Waals surface area contributed by atoms with Crippen LogP contribution in [0.1, 0.15) is 19.8 Å². The van der Waals surface area contributed by atoms with E-state index in [-0.39, 0.29) is 10.9 Å². The van der Waals surface area contributed by atoms with Crippen molar-refractivity contribution in [1.29, 1.82) is 0 Å². The highest BCUT2D eigenvalue weighted by Gasteiger charge is 2.22. The Morgan fingerprint density at radius 1 is 1.32 bits per heavy atom. The van der Waals surface area contributed by atoms with Crippen molar-refractivity contribution >= 4 is 15.7 Å². The predicted molar refractivity (Wildman–Crippen MR) is 74.4 cm³/mol. The molecule has 0 spiro atoms. The monoisotopic (exact) mass is 284 g/mol. The number of benzene rings is 1. The van der Waals surface area contributed by atoms with Crippen LogP contribution in [0.5, 0.6) is 0 Å². The highest BCUT2D eigenvalue weighted by molar-refractivity contribution is 7.89. The number of para-hydroxylation sites is 1. The largest absolute Gasteiger partial charge is 0.381 e. The van der Waals surface area contributed by atoms with Crippen LogP contribution in [0.15, 0.2) is 29.2 Å². The fraction of sp³-hybridized carbons (Fsp3) is 0.538. The molecule has 1 aromatic rings. The summed E-state index contributed by atoms with van der Waals surface area (Å²) in [5.74, 6) is 0.488. The van der Waals surface area contributed by atoms with Crippen molar-refractivity contribution in [2.45, 2.75) is 30.7 Å². The van der Waals surface area contributed by atoms with Crippen LogP contribution in [0.2, 0.25) is 0 Å². The molecule has 1 aliphatic rings. The van der Waals surface area contributed by atoms with E-state index in [1.807, 2.05) is 0 Å². The van der Waals surface area contributed by atoms with Crippen molar-refractivity contribution in [3.8, 4) is 0 Å². The van der Waals surface area contributed by atoms with Gasteiger partial charge in [0.15, 0.2) is 0 Å². The van der Waals surface area contributed by atoms with E-state index in [9.17, 15) is 8.42 Å². The molecule has 0 bridgehead atoms. The van der Waals surface area contributed by atoms with Crippen molar-refractivity contribution in [2.24, 2.45) is 11.1 Å². The Morgan fingerprint density at radius 3 is 2.58 bits per heavy atom. The van der Waals surface area contributed by atoms with E-state index < -0.39 is 10.0 Å².